The van der Waals surface area contributed by atoms with E-state index in [-0.39, 0.29) is 18.3 Å². The van der Waals surface area contributed by atoms with Crippen molar-refractivity contribution < 1.29 is 14.7 Å². The van der Waals surface area contributed by atoms with Gasteiger partial charge in [-0.15, -0.1) is 0 Å². The molecule has 0 spiro atoms. The van der Waals surface area contributed by atoms with Gasteiger partial charge in [0.2, 0.25) is 5.91 Å². The molecule has 0 saturated carbocycles. The van der Waals surface area contributed by atoms with E-state index in [1.807, 2.05) is 13.8 Å². The molecule has 106 valence electrons. The number of carbonyl (C=O) groups is 1. The van der Waals surface area contributed by atoms with Gasteiger partial charge in [-0.05, 0) is 12.8 Å². The van der Waals surface area contributed by atoms with Crippen LogP contribution in [-0.2, 0) is 9.53 Å². The molecule has 0 bridgehead atoms. The average molecular weight is 260 g/mol. The summed E-state index contributed by atoms with van der Waals surface area (Å²) < 4.78 is 5.26. The van der Waals surface area contributed by atoms with Gasteiger partial charge >= 0.3 is 0 Å². The first-order chi connectivity index (χ1) is 8.47. The highest BCUT2D eigenvalue weighted by Gasteiger charge is 2.07. The van der Waals surface area contributed by atoms with Gasteiger partial charge in [-0.2, -0.15) is 0 Å². The summed E-state index contributed by atoms with van der Waals surface area (Å²) in [5.74, 6) is 0.441. The second kappa shape index (κ2) is 9.67. The van der Waals surface area contributed by atoms with Crippen LogP contribution in [0.25, 0.3) is 0 Å². The number of hydrogen-bond donors (Lipinski definition) is 4. The number of oxime groups is 1. The third-order valence-electron chi connectivity index (χ3n) is 2.17. The fourth-order valence-corrected chi connectivity index (χ4v) is 1.06. The molecule has 0 saturated heterocycles. The number of nitrogens with two attached hydrogens (primary N) is 1. The Bertz CT molecular complexity index is 269. The Morgan fingerprint density at radius 3 is 2.67 bits per heavy atom. The van der Waals surface area contributed by atoms with E-state index in [0.29, 0.717) is 25.6 Å². The lowest BCUT2D eigenvalue weighted by Gasteiger charge is -2.12. The normalized spacial score (nSPS) is 13.7. The molecule has 0 radical (unpaired) electrons. The number of nitrogens with zero attached hydrogens (tertiary/aromatic N) is 1. The Labute approximate surface area is 108 Å². The molecule has 0 aliphatic rings. The number of amidine groups is 1. The molecule has 0 aliphatic carbocycles. The fraction of sp³-hybridized carbons (Fsp3) is 0.818. The highest BCUT2D eigenvalue weighted by molar-refractivity contribution is 5.83. The molecule has 0 aromatic rings. The standard InChI is InChI=1S/C11H24N4O3/c1-8(2)6-14-10(16)7-13-4-5-18-9(3)11(12)15-17/h8-9,13,17H,4-7H2,1-3H3,(H2,12,15)(H,14,16). The summed E-state index contributed by atoms with van der Waals surface area (Å²) in [4.78, 5) is 11.3. The van der Waals surface area contributed by atoms with Gasteiger partial charge in [0.05, 0.1) is 13.2 Å². The molecule has 0 aromatic heterocycles. The van der Waals surface area contributed by atoms with Gasteiger partial charge in [-0.25, -0.2) is 0 Å². The van der Waals surface area contributed by atoms with Crippen molar-refractivity contribution in [2.75, 3.05) is 26.2 Å². The van der Waals surface area contributed by atoms with E-state index in [2.05, 4.69) is 15.8 Å². The Morgan fingerprint density at radius 1 is 1.44 bits per heavy atom. The minimum absolute atomic E-state index is 0.0321. The number of rotatable bonds is 9. The molecule has 0 fully saturated rings. The molecule has 1 amide bonds. The Balaban J connectivity index is 3.48. The molecule has 0 aromatic carbocycles. The van der Waals surface area contributed by atoms with E-state index in [9.17, 15) is 4.79 Å². The second-order valence-corrected chi connectivity index (χ2v) is 4.41. The smallest absolute Gasteiger partial charge is 0.233 e. The summed E-state index contributed by atoms with van der Waals surface area (Å²) in [6, 6.07) is 0. The highest BCUT2D eigenvalue weighted by atomic mass is 16.5. The summed E-state index contributed by atoms with van der Waals surface area (Å²) >= 11 is 0. The SMILES string of the molecule is CC(C)CNC(=O)CNCCOC(C)C(N)=NO. The Morgan fingerprint density at radius 2 is 2.11 bits per heavy atom. The molecular weight excluding hydrogens is 236 g/mol. The van der Waals surface area contributed by atoms with Crippen LogP contribution in [-0.4, -0.2) is 49.3 Å². The van der Waals surface area contributed by atoms with Crippen molar-refractivity contribution in [2.24, 2.45) is 16.8 Å². The van der Waals surface area contributed by atoms with Gasteiger partial charge in [0.15, 0.2) is 5.84 Å². The topological polar surface area (TPSA) is 109 Å². The molecule has 0 rings (SSSR count). The van der Waals surface area contributed by atoms with Crippen LogP contribution in [0.4, 0.5) is 0 Å². The highest BCUT2D eigenvalue weighted by Crippen LogP contribution is 1.89. The van der Waals surface area contributed by atoms with Gasteiger partial charge in [-0.3, -0.25) is 4.79 Å². The van der Waals surface area contributed by atoms with Crippen LogP contribution in [0.3, 0.4) is 0 Å². The van der Waals surface area contributed by atoms with Crippen molar-refractivity contribution in [3.63, 3.8) is 0 Å². The first kappa shape index (κ1) is 16.7. The lowest BCUT2D eigenvalue weighted by Crippen LogP contribution is -2.37. The van der Waals surface area contributed by atoms with Crippen molar-refractivity contribution in [2.45, 2.75) is 26.9 Å². The van der Waals surface area contributed by atoms with Crippen molar-refractivity contribution >= 4 is 11.7 Å². The zero-order valence-electron chi connectivity index (χ0n) is 11.3. The van der Waals surface area contributed by atoms with E-state index >= 15 is 0 Å². The van der Waals surface area contributed by atoms with Gasteiger partial charge in [0, 0.05) is 13.1 Å². The summed E-state index contributed by atoms with van der Waals surface area (Å²) in [5, 5.41) is 17.0. The molecule has 7 nitrogen and oxygen atoms in total. The van der Waals surface area contributed by atoms with Crippen molar-refractivity contribution in [3.05, 3.63) is 0 Å². The van der Waals surface area contributed by atoms with E-state index in [1.165, 1.54) is 0 Å². The second-order valence-electron chi connectivity index (χ2n) is 4.41. The third kappa shape index (κ3) is 8.77. The number of hydrogen-bond acceptors (Lipinski definition) is 5. The van der Waals surface area contributed by atoms with Crippen molar-refractivity contribution in [1.29, 1.82) is 0 Å². The Kier molecular flexibility index (Phi) is 8.95. The van der Waals surface area contributed by atoms with Crippen LogP contribution in [0.5, 0.6) is 0 Å². The predicted octanol–water partition coefficient (Wildman–Crippen LogP) is -0.500. The predicted molar refractivity (Wildman–Crippen MR) is 69.5 cm³/mol. The van der Waals surface area contributed by atoms with Crippen LogP contribution in [0, 0.1) is 5.92 Å². The fourth-order valence-electron chi connectivity index (χ4n) is 1.06. The molecule has 0 aliphatic heterocycles. The first-order valence-corrected chi connectivity index (χ1v) is 6.03. The molecule has 1 unspecified atom stereocenters. The first-order valence-electron chi connectivity index (χ1n) is 6.03. The zero-order chi connectivity index (χ0) is 14.0. The van der Waals surface area contributed by atoms with Gasteiger partial charge in [-0.1, -0.05) is 19.0 Å². The molecule has 1 atom stereocenters. The van der Waals surface area contributed by atoms with E-state index < -0.39 is 6.10 Å². The van der Waals surface area contributed by atoms with E-state index in [4.69, 9.17) is 15.7 Å². The van der Waals surface area contributed by atoms with Crippen LogP contribution in [0.15, 0.2) is 5.16 Å². The summed E-state index contributed by atoms with van der Waals surface area (Å²) in [7, 11) is 0. The van der Waals surface area contributed by atoms with Gasteiger partial charge < -0.3 is 26.3 Å². The molecule has 0 heterocycles. The van der Waals surface area contributed by atoms with Crippen LogP contribution >= 0.6 is 0 Å². The number of carbonyl (C=O) groups excluding carboxylic acids is 1. The quantitative estimate of drug-likeness (QED) is 0.147. The Hall–Kier alpha value is -1.34. The monoisotopic (exact) mass is 260 g/mol. The lowest BCUT2D eigenvalue weighted by molar-refractivity contribution is -0.120. The maximum Gasteiger partial charge on any atom is 0.233 e. The summed E-state index contributed by atoms with van der Waals surface area (Å²) in [5.41, 5.74) is 5.34. The average Bonchev–Trinajstić information content (AvgIpc) is 2.34. The minimum Gasteiger partial charge on any atom is -0.409 e. The van der Waals surface area contributed by atoms with E-state index in [0.717, 1.165) is 0 Å². The van der Waals surface area contributed by atoms with E-state index in [1.54, 1.807) is 6.92 Å². The number of nitrogens with one attached hydrogen (secondary N) is 2. The summed E-state index contributed by atoms with van der Waals surface area (Å²) in [6.45, 7) is 7.61. The maximum atomic E-state index is 11.3. The van der Waals surface area contributed by atoms with Crippen LogP contribution < -0.4 is 16.4 Å². The van der Waals surface area contributed by atoms with Gasteiger partial charge in [0.1, 0.15) is 6.10 Å². The summed E-state index contributed by atoms with van der Waals surface area (Å²) in [6.07, 6.45) is -0.438. The van der Waals surface area contributed by atoms with Crippen LogP contribution in [0.1, 0.15) is 20.8 Å². The molecule has 18 heavy (non-hydrogen) atoms. The molecular formula is C11H24N4O3. The third-order valence-corrected chi connectivity index (χ3v) is 2.17. The van der Waals surface area contributed by atoms with Gasteiger partial charge in [0.25, 0.3) is 0 Å². The largest absolute Gasteiger partial charge is 0.409 e. The zero-order valence-corrected chi connectivity index (χ0v) is 11.3. The molecule has 7 heteroatoms. The lowest BCUT2D eigenvalue weighted by atomic mass is 10.2. The number of amides is 1. The minimum atomic E-state index is -0.438. The maximum absolute atomic E-state index is 11.3. The van der Waals surface area contributed by atoms with Crippen molar-refractivity contribution in [3.8, 4) is 0 Å². The van der Waals surface area contributed by atoms with Crippen LogP contribution in [0.2, 0.25) is 0 Å². The van der Waals surface area contributed by atoms with Crippen molar-refractivity contribution in [1.82, 2.24) is 10.6 Å². The number of ether oxygens (including phenoxy) is 1. The molecule has 5 N–H and O–H groups in total.